The van der Waals surface area contributed by atoms with Gasteiger partial charge in [0.05, 0.1) is 11.3 Å². The fraction of sp³-hybridized carbons (Fsp3) is 0.280. The first-order valence-corrected chi connectivity index (χ1v) is 13.0. The van der Waals surface area contributed by atoms with Crippen molar-refractivity contribution in [2.45, 2.75) is 44.6 Å². The van der Waals surface area contributed by atoms with Crippen LogP contribution in [0.5, 0.6) is 0 Å². The summed E-state index contributed by atoms with van der Waals surface area (Å²) in [4.78, 5) is 31.2. The standard InChI is InChI=1S/C25H29N7O3S/c1-5-13-32(25(2,3)4)23-18(24(33)31-36(34,35)20-7-6-11-27-21(20)26)8-9-19(30-23)17-14-16-10-12-28-22(16)29-15-17/h6-12,14-15H,5,13H2,1-4H3,(H2,26,27)(H,28,29)(H,31,33). The zero-order chi connectivity index (χ0) is 26.1. The zero-order valence-corrected chi connectivity index (χ0v) is 21.4. The molecule has 0 aliphatic heterocycles. The summed E-state index contributed by atoms with van der Waals surface area (Å²) in [7, 11) is -4.26. The molecule has 0 saturated carbocycles. The molecule has 1 amide bonds. The molecule has 0 unspecified atom stereocenters. The van der Waals surface area contributed by atoms with Crippen LogP contribution in [-0.4, -0.2) is 46.3 Å². The summed E-state index contributed by atoms with van der Waals surface area (Å²) in [5, 5.41) is 0.930. The number of nitrogen functional groups attached to an aromatic ring is 1. The lowest BCUT2D eigenvalue weighted by Crippen LogP contribution is -2.44. The van der Waals surface area contributed by atoms with Gasteiger partial charge in [-0.2, -0.15) is 0 Å². The number of rotatable bonds is 7. The van der Waals surface area contributed by atoms with E-state index < -0.39 is 21.5 Å². The molecule has 4 rings (SSSR count). The maximum absolute atomic E-state index is 13.4. The van der Waals surface area contributed by atoms with Gasteiger partial charge in [0.2, 0.25) is 0 Å². The second-order valence-electron chi connectivity index (χ2n) is 9.35. The van der Waals surface area contributed by atoms with Crippen LogP contribution in [0, 0.1) is 0 Å². The highest BCUT2D eigenvalue weighted by molar-refractivity contribution is 7.90. The second kappa shape index (κ2) is 9.57. The maximum atomic E-state index is 13.4. The number of hydrogen-bond acceptors (Lipinski definition) is 8. The summed E-state index contributed by atoms with van der Waals surface area (Å²) in [6.45, 7) is 8.68. The number of sulfonamides is 1. The normalized spacial score (nSPS) is 12.0. The van der Waals surface area contributed by atoms with Crippen LogP contribution < -0.4 is 15.4 Å². The summed E-state index contributed by atoms with van der Waals surface area (Å²) in [5.41, 5.74) is 7.62. The Morgan fingerprint density at radius 2 is 1.94 bits per heavy atom. The largest absolute Gasteiger partial charge is 0.383 e. The van der Waals surface area contributed by atoms with E-state index in [9.17, 15) is 13.2 Å². The molecule has 0 aliphatic carbocycles. The van der Waals surface area contributed by atoms with E-state index in [0.717, 1.165) is 23.0 Å². The van der Waals surface area contributed by atoms with E-state index in [1.807, 2.05) is 50.9 Å². The predicted molar refractivity (Wildman–Crippen MR) is 140 cm³/mol. The number of anilines is 2. The summed E-state index contributed by atoms with van der Waals surface area (Å²) in [5.74, 6) is -0.624. The lowest BCUT2D eigenvalue weighted by molar-refractivity contribution is 0.0981. The minimum atomic E-state index is -4.26. The second-order valence-corrected chi connectivity index (χ2v) is 11.0. The van der Waals surface area contributed by atoms with Crippen molar-refractivity contribution in [3.63, 3.8) is 0 Å². The van der Waals surface area contributed by atoms with Gasteiger partial charge in [0, 0.05) is 41.6 Å². The number of aromatic amines is 1. The fourth-order valence-corrected chi connectivity index (χ4v) is 4.97. The van der Waals surface area contributed by atoms with Crippen LogP contribution in [0.2, 0.25) is 0 Å². The summed E-state index contributed by atoms with van der Waals surface area (Å²) in [6, 6.07) is 9.89. The van der Waals surface area contributed by atoms with Crippen molar-refractivity contribution in [3.05, 3.63) is 60.6 Å². The highest BCUT2D eigenvalue weighted by atomic mass is 32.2. The van der Waals surface area contributed by atoms with Crippen molar-refractivity contribution in [2.24, 2.45) is 0 Å². The fourth-order valence-electron chi connectivity index (χ4n) is 3.92. The highest BCUT2D eigenvalue weighted by Gasteiger charge is 2.29. The van der Waals surface area contributed by atoms with Crippen LogP contribution in [0.25, 0.3) is 22.3 Å². The average molecular weight is 508 g/mol. The molecule has 0 aromatic carbocycles. The molecule has 188 valence electrons. The number of fused-ring (bicyclic) bond motifs is 1. The van der Waals surface area contributed by atoms with E-state index in [2.05, 4.69) is 19.7 Å². The first-order chi connectivity index (χ1) is 17.0. The molecule has 0 aliphatic rings. The smallest absolute Gasteiger partial charge is 0.268 e. The molecule has 10 nitrogen and oxygen atoms in total. The quantitative estimate of drug-likeness (QED) is 0.343. The Hall–Kier alpha value is -3.99. The Morgan fingerprint density at radius 1 is 1.17 bits per heavy atom. The molecule has 4 aromatic heterocycles. The van der Waals surface area contributed by atoms with Crippen LogP contribution in [0.3, 0.4) is 0 Å². The van der Waals surface area contributed by atoms with Gasteiger partial charge < -0.3 is 15.6 Å². The lowest BCUT2D eigenvalue weighted by atomic mass is 10.0. The van der Waals surface area contributed by atoms with Crippen molar-refractivity contribution < 1.29 is 13.2 Å². The topological polar surface area (TPSA) is 147 Å². The van der Waals surface area contributed by atoms with E-state index in [4.69, 9.17) is 10.7 Å². The number of nitrogens with one attached hydrogen (secondary N) is 2. The van der Waals surface area contributed by atoms with Crippen molar-refractivity contribution in [3.8, 4) is 11.3 Å². The number of carbonyl (C=O) groups is 1. The Balaban J connectivity index is 1.81. The molecule has 0 saturated heterocycles. The van der Waals surface area contributed by atoms with Crippen molar-refractivity contribution >= 4 is 38.6 Å². The van der Waals surface area contributed by atoms with Crippen molar-refractivity contribution in [1.29, 1.82) is 0 Å². The van der Waals surface area contributed by atoms with Crippen LogP contribution in [-0.2, 0) is 10.0 Å². The van der Waals surface area contributed by atoms with Gasteiger partial charge in [-0.3, -0.25) is 4.79 Å². The molecule has 0 fully saturated rings. The minimum Gasteiger partial charge on any atom is -0.383 e. The number of H-pyrrole nitrogens is 1. The summed E-state index contributed by atoms with van der Waals surface area (Å²) < 4.78 is 28.0. The third-order valence-electron chi connectivity index (χ3n) is 5.64. The Morgan fingerprint density at radius 3 is 2.64 bits per heavy atom. The first-order valence-electron chi connectivity index (χ1n) is 11.5. The van der Waals surface area contributed by atoms with Gasteiger partial charge >= 0.3 is 0 Å². The first kappa shape index (κ1) is 25.1. The molecule has 0 radical (unpaired) electrons. The molecule has 0 spiro atoms. The zero-order valence-electron chi connectivity index (χ0n) is 20.6. The van der Waals surface area contributed by atoms with Crippen molar-refractivity contribution in [2.75, 3.05) is 17.2 Å². The monoisotopic (exact) mass is 507 g/mol. The van der Waals surface area contributed by atoms with Crippen LogP contribution in [0.15, 0.2) is 59.9 Å². The van der Waals surface area contributed by atoms with Gasteiger partial charge in [-0.05, 0) is 63.6 Å². The van der Waals surface area contributed by atoms with Crippen LogP contribution in [0.4, 0.5) is 11.6 Å². The van der Waals surface area contributed by atoms with Crippen LogP contribution in [0.1, 0.15) is 44.5 Å². The lowest BCUT2D eigenvalue weighted by Gasteiger charge is -2.37. The Bertz CT molecular complexity index is 1520. The average Bonchev–Trinajstić information content (AvgIpc) is 3.29. The molecule has 0 bridgehead atoms. The molecule has 4 N–H and O–H groups in total. The van der Waals surface area contributed by atoms with E-state index in [0.29, 0.717) is 18.1 Å². The molecule has 4 heterocycles. The van der Waals surface area contributed by atoms with Crippen molar-refractivity contribution in [1.82, 2.24) is 24.7 Å². The Kier molecular flexibility index (Phi) is 6.68. The summed E-state index contributed by atoms with van der Waals surface area (Å²) >= 11 is 0. The number of nitrogens with zero attached hydrogens (tertiary/aromatic N) is 4. The number of pyridine rings is 3. The van der Waals surface area contributed by atoms with E-state index >= 15 is 0 Å². The van der Waals surface area contributed by atoms with E-state index in [-0.39, 0.29) is 16.3 Å². The molecular weight excluding hydrogens is 478 g/mol. The van der Waals surface area contributed by atoms with E-state index in [1.165, 1.54) is 18.3 Å². The van der Waals surface area contributed by atoms with Gasteiger partial charge in [0.15, 0.2) is 0 Å². The minimum absolute atomic E-state index is 0.129. The SMILES string of the molecule is CCCN(c1nc(-c2cnc3[nH]ccc3c2)ccc1C(=O)NS(=O)(=O)c1cccnc1N)C(C)(C)C. The predicted octanol–water partition coefficient (Wildman–Crippen LogP) is 3.74. The molecule has 36 heavy (non-hydrogen) atoms. The van der Waals surface area contributed by atoms with Gasteiger partial charge in [0.25, 0.3) is 15.9 Å². The number of hydrogen-bond donors (Lipinski definition) is 3. The van der Waals surface area contributed by atoms with Crippen LogP contribution >= 0.6 is 0 Å². The number of amides is 1. The third kappa shape index (κ3) is 5.01. The number of aromatic nitrogens is 4. The summed E-state index contributed by atoms with van der Waals surface area (Å²) in [6.07, 6.45) is 5.70. The maximum Gasteiger partial charge on any atom is 0.268 e. The van der Waals surface area contributed by atoms with E-state index in [1.54, 1.807) is 18.3 Å². The van der Waals surface area contributed by atoms with Gasteiger partial charge in [0.1, 0.15) is 22.2 Å². The molecular formula is C25H29N7O3S. The van der Waals surface area contributed by atoms with Gasteiger partial charge in [-0.15, -0.1) is 0 Å². The molecule has 11 heteroatoms. The molecule has 4 aromatic rings. The van der Waals surface area contributed by atoms with Gasteiger partial charge in [-0.25, -0.2) is 28.1 Å². The highest BCUT2D eigenvalue weighted by Crippen LogP contribution is 2.30. The number of nitrogens with two attached hydrogens (primary N) is 1. The number of carbonyl (C=O) groups excluding carboxylic acids is 1. The Labute approximate surface area is 210 Å². The van der Waals surface area contributed by atoms with Gasteiger partial charge in [-0.1, -0.05) is 6.92 Å². The molecule has 0 atom stereocenters. The third-order valence-corrected chi connectivity index (χ3v) is 7.02.